The van der Waals surface area contributed by atoms with Crippen molar-refractivity contribution in [3.8, 4) is 5.69 Å². The number of alkyl halides is 3. The molecule has 2 heterocycles. The van der Waals surface area contributed by atoms with Gasteiger partial charge in [-0.3, -0.25) is 10.1 Å². The van der Waals surface area contributed by atoms with Gasteiger partial charge >= 0.3 is 6.18 Å². The number of hydrogen-bond donors (Lipinski definition) is 1. The van der Waals surface area contributed by atoms with Gasteiger partial charge < -0.3 is 4.57 Å². The molecular weight excluding hydrogens is 426 g/mol. The molecule has 4 aromatic rings. The van der Waals surface area contributed by atoms with Crippen LogP contribution in [0.4, 0.5) is 23.5 Å². The molecule has 0 bridgehead atoms. The van der Waals surface area contributed by atoms with E-state index in [4.69, 9.17) is 11.6 Å². The van der Waals surface area contributed by atoms with E-state index in [1.54, 1.807) is 7.05 Å². The lowest BCUT2D eigenvalue weighted by atomic mass is 10.2. The molecule has 0 spiro atoms. The highest BCUT2D eigenvalue weighted by atomic mass is 35.5. The maximum absolute atomic E-state index is 13.8. The van der Waals surface area contributed by atoms with Crippen molar-refractivity contribution >= 4 is 34.5 Å². The van der Waals surface area contributed by atoms with Crippen LogP contribution < -0.4 is 5.32 Å². The van der Waals surface area contributed by atoms with Gasteiger partial charge in [-0.1, -0.05) is 11.6 Å². The first-order valence-electron chi connectivity index (χ1n) is 8.49. The van der Waals surface area contributed by atoms with E-state index in [1.165, 1.54) is 41.0 Å². The molecule has 154 valence electrons. The van der Waals surface area contributed by atoms with Crippen LogP contribution in [-0.4, -0.2) is 25.2 Å². The molecule has 0 saturated carbocycles. The van der Waals surface area contributed by atoms with E-state index >= 15 is 0 Å². The standard InChI is InChI=1S/C19H12ClF4N5O/c1-28-15-7-4-11(21)8-14(15)26-18(28)27-17(30)13-9-25-29(16(13)19(22,23)24)12-5-2-10(20)3-6-12/h2-9H,1H3,(H,26,27,30). The van der Waals surface area contributed by atoms with Crippen molar-refractivity contribution in [2.45, 2.75) is 6.18 Å². The Morgan fingerprint density at radius 1 is 1.13 bits per heavy atom. The second-order valence-corrected chi connectivity index (χ2v) is 6.81. The van der Waals surface area contributed by atoms with Gasteiger partial charge in [0.2, 0.25) is 5.95 Å². The van der Waals surface area contributed by atoms with Crippen LogP contribution in [0.3, 0.4) is 0 Å². The molecule has 11 heteroatoms. The number of nitrogens with zero attached hydrogens (tertiary/aromatic N) is 4. The van der Waals surface area contributed by atoms with Crippen molar-refractivity contribution < 1.29 is 22.4 Å². The van der Waals surface area contributed by atoms with Crippen molar-refractivity contribution in [3.63, 3.8) is 0 Å². The van der Waals surface area contributed by atoms with E-state index < -0.39 is 29.2 Å². The van der Waals surface area contributed by atoms with Crippen LogP contribution in [0.25, 0.3) is 16.7 Å². The largest absolute Gasteiger partial charge is 0.434 e. The van der Waals surface area contributed by atoms with Gasteiger partial charge in [-0.15, -0.1) is 0 Å². The fraction of sp³-hybridized carbons (Fsp3) is 0.105. The molecule has 0 aliphatic heterocycles. The van der Waals surface area contributed by atoms with Gasteiger partial charge in [0.25, 0.3) is 5.91 Å². The zero-order chi connectivity index (χ0) is 21.6. The predicted octanol–water partition coefficient (Wildman–Crippen LogP) is 4.82. The van der Waals surface area contributed by atoms with Gasteiger partial charge in [-0.2, -0.15) is 18.3 Å². The zero-order valence-corrected chi connectivity index (χ0v) is 16.0. The molecule has 2 aromatic carbocycles. The van der Waals surface area contributed by atoms with Crippen LogP contribution in [-0.2, 0) is 13.2 Å². The molecule has 0 fully saturated rings. The summed E-state index contributed by atoms with van der Waals surface area (Å²) in [6.07, 6.45) is -4.03. The van der Waals surface area contributed by atoms with Crippen LogP contribution in [0.2, 0.25) is 5.02 Å². The number of aromatic nitrogens is 4. The van der Waals surface area contributed by atoms with Crippen LogP contribution in [0.15, 0.2) is 48.7 Å². The molecule has 4 rings (SSSR count). The molecule has 0 aliphatic rings. The first-order chi connectivity index (χ1) is 14.1. The maximum Gasteiger partial charge on any atom is 0.434 e. The van der Waals surface area contributed by atoms with Crippen LogP contribution >= 0.6 is 11.6 Å². The normalized spacial score (nSPS) is 11.8. The van der Waals surface area contributed by atoms with Gasteiger partial charge in [0.15, 0.2) is 5.69 Å². The average molecular weight is 438 g/mol. The lowest BCUT2D eigenvalue weighted by Crippen LogP contribution is -2.21. The van der Waals surface area contributed by atoms with Gasteiger partial charge in [0.1, 0.15) is 5.82 Å². The number of carbonyl (C=O) groups is 1. The van der Waals surface area contributed by atoms with Gasteiger partial charge in [0.05, 0.1) is 28.5 Å². The lowest BCUT2D eigenvalue weighted by Gasteiger charge is -2.13. The number of rotatable bonds is 3. The minimum Gasteiger partial charge on any atom is -0.313 e. The third kappa shape index (κ3) is 3.50. The minimum absolute atomic E-state index is 0.0343. The minimum atomic E-state index is -4.86. The molecule has 0 unspecified atom stereocenters. The highest BCUT2D eigenvalue weighted by Crippen LogP contribution is 2.34. The number of amides is 1. The van der Waals surface area contributed by atoms with Crippen molar-refractivity contribution in [2.75, 3.05) is 5.32 Å². The number of benzene rings is 2. The topological polar surface area (TPSA) is 64.7 Å². The Balaban J connectivity index is 1.74. The fourth-order valence-corrected chi connectivity index (χ4v) is 3.15. The zero-order valence-electron chi connectivity index (χ0n) is 15.2. The van der Waals surface area contributed by atoms with Crippen LogP contribution in [0, 0.1) is 5.82 Å². The third-order valence-corrected chi connectivity index (χ3v) is 4.67. The summed E-state index contributed by atoms with van der Waals surface area (Å²) in [5.74, 6) is -1.61. The van der Waals surface area contributed by atoms with E-state index in [-0.39, 0.29) is 17.2 Å². The summed E-state index contributed by atoms with van der Waals surface area (Å²) in [6.45, 7) is 0. The first-order valence-corrected chi connectivity index (χ1v) is 8.87. The molecule has 0 saturated heterocycles. The van der Waals surface area contributed by atoms with Crippen molar-refractivity contribution in [1.29, 1.82) is 0 Å². The molecule has 30 heavy (non-hydrogen) atoms. The highest BCUT2D eigenvalue weighted by Gasteiger charge is 2.40. The number of imidazole rings is 1. The van der Waals surface area contributed by atoms with E-state index in [1.807, 2.05) is 0 Å². The van der Waals surface area contributed by atoms with E-state index in [9.17, 15) is 22.4 Å². The van der Waals surface area contributed by atoms with Crippen LogP contribution in [0.1, 0.15) is 16.1 Å². The second kappa shape index (κ2) is 7.13. The Kier molecular flexibility index (Phi) is 4.73. The molecule has 1 N–H and O–H groups in total. The quantitative estimate of drug-likeness (QED) is 0.467. The monoisotopic (exact) mass is 437 g/mol. The summed E-state index contributed by atoms with van der Waals surface area (Å²) in [7, 11) is 1.55. The molecule has 0 aliphatic carbocycles. The smallest absolute Gasteiger partial charge is 0.313 e. The van der Waals surface area contributed by atoms with Gasteiger partial charge in [0, 0.05) is 18.1 Å². The molecule has 0 radical (unpaired) electrons. The van der Waals surface area contributed by atoms with Crippen molar-refractivity contribution in [1.82, 2.24) is 19.3 Å². The number of carbonyl (C=O) groups excluding carboxylic acids is 1. The number of nitrogens with one attached hydrogen (secondary N) is 1. The SMILES string of the molecule is Cn1c(NC(=O)c2cnn(-c3ccc(Cl)cc3)c2C(F)(F)F)nc2cc(F)ccc21. The third-order valence-electron chi connectivity index (χ3n) is 4.42. The Morgan fingerprint density at radius 3 is 2.50 bits per heavy atom. The van der Waals surface area contributed by atoms with Crippen molar-refractivity contribution in [3.05, 3.63) is 70.8 Å². The summed E-state index contributed by atoms with van der Waals surface area (Å²) >= 11 is 5.78. The number of halogens is 5. The number of aryl methyl sites for hydroxylation is 1. The first kappa shape index (κ1) is 19.9. The summed E-state index contributed by atoms with van der Waals surface area (Å²) in [5, 5.41) is 6.42. The van der Waals surface area contributed by atoms with E-state index in [2.05, 4.69) is 15.4 Å². The highest BCUT2D eigenvalue weighted by molar-refractivity contribution is 6.30. The van der Waals surface area contributed by atoms with E-state index in [0.29, 0.717) is 15.2 Å². The summed E-state index contributed by atoms with van der Waals surface area (Å²) < 4.78 is 56.8. The fourth-order valence-electron chi connectivity index (χ4n) is 3.02. The summed E-state index contributed by atoms with van der Waals surface area (Å²) in [6, 6.07) is 9.36. The summed E-state index contributed by atoms with van der Waals surface area (Å²) in [5.41, 5.74) is -1.09. The van der Waals surface area contributed by atoms with Crippen LogP contribution in [0.5, 0.6) is 0 Å². The number of anilines is 1. The molecule has 2 aromatic heterocycles. The maximum atomic E-state index is 13.8. The molecule has 1 amide bonds. The summed E-state index contributed by atoms with van der Waals surface area (Å²) in [4.78, 5) is 16.7. The van der Waals surface area contributed by atoms with Crippen molar-refractivity contribution in [2.24, 2.45) is 7.05 Å². The Bertz CT molecular complexity index is 1260. The average Bonchev–Trinajstić information content (AvgIpc) is 3.24. The molecule has 0 atom stereocenters. The van der Waals surface area contributed by atoms with E-state index in [0.717, 1.165) is 12.3 Å². The molecule has 6 nitrogen and oxygen atoms in total. The Hall–Kier alpha value is -3.40. The molecular formula is C19H12ClF4N5O. The Morgan fingerprint density at radius 2 is 1.83 bits per heavy atom. The Labute approximate surface area is 171 Å². The van der Waals surface area contributed by atoms with Gasteiger partial charge in [-0.05, 0) is 36.4 Å². The second-order valence-electron chi connectivity index (χ2n) is 6.37. The number of fused-ring (bicyclic) bond motifs is 1. The number of hydrogen-bond acceptors (Lipinski definition) is 3. The van der Waals surface area contributed by atoms with Gasteiger partial charge in [-0.25, -0.2) is 14.1 Å². The lowest BCUT2D eigenvalue weighted by molar-refractivity contribution is -0.143. The predicted molar refractivity (Wildman–Crippen MR) is 102 cm³/mol.